The molecule has 0 radical (unpaired) electrons. The van der Waals surface area contributed by atoms with Gasteiger partial charge in [-0.15, -0.1) is 0 Å². The second kappa shape index (κ2) is 5.14. The van der Waals surface area contributed by atoms with E-state index in [0.29, 0.717) is 13.1 Å². The third-order valence-corrected chi connectivity index (χ3v) is 3.40. The molecule has 1 aromatic carbocycles. The molecule has 1 aliphatic rings. The Bertz CT molecular complexity index is 565. The Morgan fingerprint density at radius 1 is 1.42 bits per heavy atom. The number of rotatable bonds is 4. The number of carbonyl (C=O) groups is 1. The highest BCUT2D eigenvalue weighted by Gasteiger charge is 2.27. The summed E-state index contributed by atoms with van der Waals surface area (Å²) < 4.78 is 0. The molecule has 5 nitrogen and oxygen atoms in total. The predicted octanol–water partition coefficient (Wildman–Crippen LogP) is 1.28. The van der Waals surface area contributed by atoms with Crippen LogP contribution in [0.3, 0.4) is 0 Å². The minimum atomic E-state index is -0.0852. The van der Waals surface area contributed by atoms with E-state index in [1.54, 1.807) is 12.5 Å². The molecule has 19 heavy (non-hydrogen) atoms. The molecule has 0 spiro atoms. The lowest BCUT2D eigenvalue weighted by atomic mass is 10.0. The zero-order valence-electron chi connectivity index (χ0n) is 10.5. The van der Waals surface area contributed by atoms with Gasteiger partial charge < -0.3 is 15.6 Å². The Morgan fingerprint density at radius 2 is 2.32 bits per heavy atom. The lowest BCUT2D eigenvalue weighted by molar-refractivity contribution is -0.122. The maximum Gasteiger partial charge on any atom is 0.229 e. The summed E-state index contributed by atoms with van der Waals surface area (Å²) in [7, 11) is 0. The summed E-state index contributed by atoms with van der Waals surface area (Å²) in [6.45, 7) is 1.30. The van der Waals surface area contributed by atoms with Gasteiger partial charge in [0.2, 0.25) is 5.91 Å². The fourth-order valence-corrected chi connectivity index (χ4v) is 2.38. The highest BCUT2D eigenvalue weighted by atomic mass is 16.1. The van der Waals surface area contributed by atoms with Gasteiger partial charge in [-0.05, 0) is 11.6 Å². The molecular weight excluding hydrogens is 240 g/mol. The van der Waals surface area contributed by atoms with E-state index in [-0.39, 0.29) is 11.8 Å². The second-order valence-corrected chi connectivity index (χ2v) is 4.64. The van der Waals surface area contributed by atoms with Crippen LogP contribution in [-0.4, -0.2) is 29.0 Å². The molecule has 0 saturated heterocycles. The average molecular weight is 256 g/mol. The molecule has 0 bridgehead atoms. The third-order valence-electron chi connectivity index (χ3n) is 3.40. The molecule has 1 aromatic heterocycles. The van der Waals surface area contributed by atoms with Crippen LogP contribution in [0.1, 0.15) is 17.2 Å². The fraction of sp³-hybridized carbons (Fsp3) is 0.286. The van der Waals surface area contributed by atoms with Gasteiger partial charge >= 0.3 is 0 Å². The highest BCUT2D eigenvalue weighted by Crippen LogP contribution is 2.30. The quantitative estimate of drug-likeness (QED) is 0.771. The maximum atomic E-state index is 12.2. The van der Waals surface area contributed by atoms with Crippen molar-refractivity contribution in [2.24, 2.45) is 0 Å². The van der Waals surface area contributed by atoms with Gasteiger partial charge in [-0.1, -0.05) is 18.2 Å². The molecule has 5 heteroatoms. The van der Waals surface area contributed by atoms with Gasteiger partial charge in [-0.25, -0.2) is 4.98 Å². The number of fused-ring (bicyclic) bond motifs is 1. The number of hydrogen-bond acceptors (Lipinski definition) is 3. The third kappa shape index (κ3) is 2.45. The van der Waals surface area contributed by atoms with Crippen LogP contribution in [0.2, 0.25) is 0 Å². The fourth-order valence-electron chi connectivity index (χ4n) is 2.38. The summed E-state index contributed by atoms with van der Waals surface area (Å²) in [5.41, 5.74) is 3.18. The van der Waals surface area contributed by atoms with Crippen LogP contribution >= 0.6 is 0 Å². The minimum Gasteiger partial charge on any atom is -0.384 e. The molecule has 1 unspecified atom stereocenters. The first-order valence-electron chi connectivity index (χ1n) is 6.42. The van der Waals surface area contributed by atoms with E-state index in [1.165, 1.54) is 0 Å². The standard InChI is InChI=1S/C14H16N4O/c19-14(16-6-5-10-7-15-9-18-10)12-8-17-13-4-2-1-3-11(12)13/h1-4,7,9,12,17H,5-6,8H2,(H,15,18)(H,16,19). The predicted molar refractivity (Wildman–Crippen MR) is 73.0 cm³/mol. The van der Waals surface area contributed by atoms with Crippen LogP contribution in [0.15, 0.2) is 36.8 Å². The van der Waals surface area contributed by atoms with Crippen molar-refractivity contribution in [3.05, 3.63) is 48.0 Å². The van der Waals surface area contributed by atoms with E-state index in [1.807, 2.05) is 24.3 Å². The van der Waals surface area contributed by atoms with Gasteiger partial charge in [0.1, 0.15) is 0 Å². The Hall–Kier alpha value is -2.30. The number of nitrogens with zero attached hydrogens (tertiary/aromatic N) is 1. The minimum absolute atomic E-state index is 0.0805. The highest BCUT2D eigenvalue weighted by molar-refractivity contribution is 5.88. The van der Waals surface area contributed by atoms with Crippen LogP contribution in [0.4, 0.5) is 5.69 Å². The van der Waals surface area contributed by atoms with Crippen molar-refractivity contribution < 1.29 is 4.79 Å². The molecule has 2 heterocycles. The van der Waals surface area contributed by atoms with Crippen molar-refractivity contribution >= 4 is 11.6 Å². The average Bonchev–Trinajstić information content (AvgIpc) is 3.07. The van der Waals surface area contributed by atoms with Crippen molar-refractivity contribution in [3.8, 4) is 0 Å². The summed E-state index contributed by atoms with van der Waals surface area (Å²) in [5, 5.41) is 6.24. The molecule has 0 saturated carbocycles. The van der Waals surface area contributed by atoms with Crippen molar-refractivity contribution in [2.75, 3.05) is 18.4 Å². The maximum absolute atomic E-state index is 12.2. The number of H-pyrrole nitrogens is 1. The van der Waals surface area contributed by atoms with E-state index in [4.69, 9.17) is 0 Å². The summed E-state index contributed by atoms with van der Waals surface area (Å²) in [4.78, 5) is 19.1. The van der Waals surface area contributed by atoms with Crippen molar-refractivity contribution in [3.63, 3.8) is 0 Å². The molecule has 1 atom stereocenters. The van der Waals surface area contributed by atoms with Gasteiger partial charge in [0.05, 0.1) is 12.2 Å². The number of aromatic amines is 1. The molecule has 3 N–H and O–H groups in total. The van der Waals surface area contributed by atoms with E-state index < -0.39 is 0 Å². The summed E-state index contributed by atoms with van der Waals surface area (Å²) in [6, 6.07) is 7.96. The van der Waals surface area contributed by atoms with Gasteiger partial charge in [0.25, 0.3) is 0 Å². The first-order valence-corrected chi connectivity index (χ1v) is 6.42. The Morgan fingerprint density at radius 3 is 3.16 bits per heavy atom. The Kier molecular flexibility index (Phi) is 3.18. The summed E-state index contributed by atoms with van der Waals surface area (Å²) in [5.74, 6) is -0.00469. The first kappa shape index (κ1) is 11.8. The number of nitrogens with one attached hydrogen (secondary N) is 3. The SMILES string of the molecule is O=C(NCCc1cnc[nH]1)C1CNc2ccccc21. The van der Waals surface area contributed by atoms with Crippen LogP contribution in [0.25, 0.3) is 0 Å². The van der Waals surface area contributed by atoms with Crippen LogP contribution in [-0.2, 0) is 11.2 Å². The normalized spacial score (nSPS) is 16.7. The summed E-state index contributed by atoms with van der Waals surface area (Å²) >= 11 is 0. The molecule has 0 aliphatic carbocycles. The molecule has 3 rings (SSSR count). The van der Waals surface area contributed by atoms with Gasteiger partial charge in [0, 0.05) is 37.1 Å². The van der Waals surface area contributed by atoms with E-state index >= 15 is 0 Å². The van der Waals surface area contributed by atoms with Gasteiger partial charge in [0.15, 0.2) is 0 Å². The van der Waals surface area contributed by atoms with Crippen LogP contribution in [0, 0.1) is 0 Å². The Balaban J connectivity index is 1.57. The molecule has 98 valence electrons. The number of aromatic nitrogens is 2. The molecule has 1 amide bonds. The Labute approximate surface area is 111 Å². The van der Waals surface area contributed by atoms with Crippen molar-refractivity contribution in [2.45, 2.75) is 12.3 Å². The largest absolute Gasteiger partial charge is 0.384 e. The van der Waals surface area contributed by atoms with Crippen molar-refractivity contribution in [1.29, 1.82) is 0 Å². The van der Waals surface area contributed by atoms with E-state index in [0.717, 1.165) is 23.4 Å². The number of hydrogen-bond donors (Lipinski definition) is 3. The van der Waals surface area contributed by atoms with Gasteiger partial charge in [-0.3, -0.25) is 4.79 Å². The van der Waals surface area contributed by atoms with Crippen LogP contribution in [0.5, 0.6) is 0 Å². The lowest BCUT2D eigenvalue weighted by Gasteiger charge is -2.10. The lowest BCUT2D eigenvalue weighted by Crippen LogP contribution is -2.31. The number of anilines is 1. The number of benzene rings is 1. The first-order chi connectivity index (χ1) is 9.34. The molecule has 1 aliphatic heterocycles. The zero-order valence-corrected chi connectivity index (χ0v) is 10.5. The molecule has 2 aromatic rings. The summed E-state index contributed by atoms with van der Waals surface area (Å²) in [6.07, 6.45) is 4.19. The molecular formula is C14H16N4O. The zero-order chi connectivity index (χ0) is 13.1. The van der Waals surface area contributed by atoms with E-state index in [9.17, 15) is 4.79 Å². The number of carbonyl (C=O) groups excluding carboxylic acids is 1. The molecule has 0 fully saturated rings. The second-order valence-electron chi connectivity index (χ2n) is 4.64. The topological polar surface area (TPSA) is 69.8 Å². The van der Waals surface area contributed by atoms with Gasteiger partial charge in [-0.2, -0.15) is 0 Å². The number of amides is 1. The number of imidazole rings is 1. The van der Waals surface area contributed by atoms with E-state index in [2.05, 4.69) is 20.6 Å². The van der Waals surface area contributed by atoms with Crippen LogP contribution < -0.4 is 10.6 Å². The monoisotopic (exact) mass is 256 g/mol. The smallest absolute Gasteiger partial charge is 0.229 e. The number of para-hydroxylation sites is 1. The van der Waals surface area contributed by atoms with Crippen molar-refractivity contribution in [1.82, 2.24) is 15.3 Å².